The van der Waals surface area contributed by atoms with Crippen molar-refractivity contribution in [2.75, 3.05) is 24.7 Å². The number of esters is 1. The molecule has 1 saturated heterocycles. The topological polar surface area (TPSA) is 90.0 Å². The van der Waals surface area contributed by atoms with E-state index in [9.17, 15) is 22.4 Å². The van der Waals surface area contributed by atoms with Crippen molar-refractivity contribution >= 4 is 21.7 Å². The number of benzene rings is 2. The summed E-state index contributed by atoms with van der Waals surface area (Å²) in [5.74, 6) is -1.11. The number of amides is 1. The minimum Gasteiger partial charge on any atom is -0.488 e. The SMILES string of the molecule is CC(C)CN(C(=O)COC(=O)c1ccccc1OCc1ccc(F)cc1)[C@H]1CCS(=O)(=O)C1. The fraction of sp³-hybridized carbons (Fsp3) is 0.417. The van der Waals surface area contributed by atoms with Crippen molar-refractivity contribution in [2.24, 2.45) is 5.92 Å². The van der Waals surface area contributed by atoms with E-state index in [1.54, 1.807) is 30.3 Å². The first-order valence-electron chi connectivity index (χ1n) is 10.8. The number of carbonyl (C=O) groups is 2. The zero-order valence-corrected chi connectivity index (χ0v) is 19.5. The quantitative estimate of drug-likeness (QED) is 0.515. The summed E-state index contributed by atoms with van der Waals surface area (Å²) in [7, 11) is -3.16. The lowest BCUT2D eigenvalue weighted by atomic mass is 10.1. The first-order valence-corrected chi connectivity index (χ1v) is 12.6. The van der Waals surface area contributed by atoms with Gasteiger partial charge < -0.3 is 14.4 Å². The van der Waals surface area contributed by atoms with Crippen molar-refractivity contribution in [3.63, 3.8) is 0 Å². The number of para-hydroxylation sites is 1. The number of carbonyl (C=O) groups excluding carboxylic acids is 2. The molecule has 0 spiro atoms. The van der Waals surface area contributed by atoms with Crippen LogP contribution in [0.1, 0.15) is 36.2 Å². The Hall–Kier alpha value is -2.94. The predicted octanol–water partition coefficient (Wildman–Crippen LogP) is 3.23. The van der Waals surface area contributed by atoms with Gasteiger partial charge in [-0.25, -0.2) is 17.6 Å². The van der Waals surface area contributed by atoms with Gasteiger partial charge in [-0.1, -0.05) is 38.1 Å². The number of rotatable bonds is 9. The average molecular weight is 478 g/mol. The van der Waals surface area contributed by atoms with E-state index in [0.29, 0.717) is 13.0 Å². The smallest absolute Gasteiger partial charge is 0.342 e. The highest BCUT2D eigenvalue weighted by atomic mass is 32.2. The van der Waals surface area contributed by atoms with Crippen LogP contribution in [0.25, 0.3) is 0 Å². The summed E-state index contributed by atoms with van der Waals surface area (Å²) in [6.07, 6.45) is 0.384. The maximum absolute atomic E-state index is 13.1. The van der Waals surface area contributed by atoms with Crippen LogP contribution in [0.4, 0.5) is 4.39 Å². The minimum absolute atomic E-state index is 0.0537. The van der Waals surface area contributed by atoms with Gasteiger partial charge in [-0.3, -0.25) is 4.79 Å². The van der Waals surface area contributed by atoms with Crippen molar-refractivity contribution in [1.29, 1.82) is 0 Å². The third-order valence-electron chi connectivity index (χ3n) is 5.27. The molecule has 33 heavy (non-hydrogen) atoms. The van der Waals surface area contributed by atoms with Gasteiger partial charge in [0, 0.05) is 12.6 Å². The number of halogens is 1. The molecule has 3 rings (SSSR count). The maximum Gasteiger partial charge on any atom is 0.342 e. The maximum atomic E-state index is 13.1. The van der Waals surface area contributed by atoms with E-state index in [1.165, 1.54) is 23.1 Å². The molecule has 9 heteroatoms. The van der Waals surface area contributed by atoms with Crippen LogP contribution in [0.2, 0.25) is 0 Å². The lowest BCUT2D eigenvalue weighted by Crippen LogP contribution is -2.45. The molecule has 178 valence electrons. The molecule has 1 fully saturated rings. The van der Waals surface area contributed by atoms with Crippen LogP contribution in [-0.2, 0) is 26.0 Å². The van der Waals surface area contributed by atoms with Gasteiger partial charge in [-0.2, -0.15) is 0 Å². The van der Waals surface area contributed by atoms with E-state index in [4.69, 9.17) is 9.47 Å². The molecule has 2 aromatic carbocycles. The highest BCUT2D eigenvalue weighted by Crippen LogP contribution is 2.22. The van der Waals surface area contributed by atoms with Crippen LogP contribution >= 0.6 is 0 Å². The Morgan fingerprint density at radius 3 is 2.45 bits per heavy atom. The molecular weight excluding hydrogens is 449 g/mol. The molecule has 1 amide bonds. The summed E-state index contributed by atoms with van der Waals surface area (Å²) in [4.78, 5) is 27.0. The van der Waals surface area contributed by atoms with Crippen molar-refractivity contribution < 1.29 is 31.9 Å². The number of sulfone groups is 1. The van der Waals surface area contributed by atoms with Crippen LogP contribution < -0.4 is 4.74 Å². The van der Waals surface area contributed by atoms with E-state index >= 15 is 0 Å². The van der Waals surface area contributed by atoms with Gasteiger partial charge in [0.05, 0.1) is 11.5 Å². The minimum atomic E-state index is -3.16. The van der Waals surface area contributed by atoms with Gasteiger partial charge in [0.15, 0.2) is 16.4 Å². The standard InChI is InChI=1S/C24H28FNO6S/c1-17(2)13-26(20-11-12-33(29,30)16-20)23(27)15-32-24(28)21-5-3-4-6-22(21)31-14-18-7-9-19(25)10-8-18/h3-10,17,20H,11-16H2,1-2H3/t20-/m0/s1. The normalized spacial score (nSPS) is 17.0. The predicted molar refractivity (Wildman–Crippen MR) is 121 cm³/mol. The number of hydrogen-bond acceptors (Lipinski definition) is 6. The lowest BCUT2D eigenvalue weighted by Gasteiger charge is -2.29. The fourth-order valence-corrected chi connectivity index (χ4v) is 5.39. The molecule has 0 radical (unpaired) electrons. The Morgan fingerprint density at radius 1 is 1.12 bits per heavy atom. The summed E-state index contributed by atoms with van der Waals surface area (Å²) in [5, 5.41) is 0. The van der Waals surface area contributed by atoms with E-state index < -0.39 is 34.4 Å². The number of hydrogen-bond donors (Lipinski definition) is 0. The van der Waals surface area contributed by atoms with Crippen LogP contribution in [0.15, 0.2) is 48.5 Å². The zero-order valence-electron chi connectivity index (χ0n) is 18.7. The molecular formula is C24H28FNO6S. The molecule has 2 aromatic rings. The summed E-state index contributed by atoms with van der Waals surface area (Å²) in [6.45, 7) is 3.89. The largest absolute Gasteiger partial charge is 0.488 e. The van der Waals surface area contributed by atoms with Crippen LogP contribution in [0.5, 0.6) is 5.75 Å². The monoisotopic (exact) mass is 477 g/mol. The molecule has 0 aliphatic carbocycles. The third-order valence-corrected chi connectivity index (χ3v) is 7.02. The van der Waals surface area contributed by atoms with Gasteiger partial charge in [0.2, 0.25) is 0 Å². The summed E-state index contributed by atoms with van der Waals surface area (Å²) in [6, 6.07) is 11.9. The average Bonchev–Trinajstić information content (AvgIpc) is 3.14. The molecule has 0 aromatic heterocycles. The second-order valence-electron chi connectivity index (χ2n) is 8.48. The molecule has 0 N–H and O–H groups in total. The molecule has 1 heterocycles. The molecule has 0 saturated carbocycles. The van der Waals surface area contributed by atoms with E-state index in [2.05, 4.69) is 0 Å². The Bertz CT molecular complexity index is 1080. The Morgan fingerprint density at radius 2 is 1.82 bits per heavy atom. The van der Waals surface area contributed by atoms with Crippen molar-refractivity contribution in [2.45, 2.75) is 32.9 Å². The second-order valence-corrected chi connectivity index (χ2v) is 10.7. The lowest BCUT2D eigenvalue weighted by molar-refractivity contribution is -0.137. The van der Waals surface area contributed by atoms with E-state index in [-0.39, 0.29) is 41.2 Å². The number of ether oxygens (including phenoxy) is 2. The van der Waals surface area contributed by atoms with Crippen LogP contribution in [0.3, 0.4) is 0 Å². The molecule has 1 aliphatic rings. The van der Waals surface area contributed by atoms with Gasteiger partial charge in [0.25, 0.3) is 5.91 Å². The van der Waals surface area contributed by atoms with E-state index in [0.717, 1.165) is 5.56 Å². The fourth-order valence-electron chi connectivity index (χ4n) is 3.66. The van der Waals surface area contributed by atoms with Crippen molar-refractivity contribution in [3.05, 3.63) is 65.5 Å². The van der Waals surface area contributed by atoms with Gasteiger partial charge in [-0.15, -0.1) is 0 Å². The molecule has 1 aliphatic heterocycles. The first kappa shape index (κ1) is 24.7. The molecule has 7 nitrogen and oxygen atoms in total. The molecule has 0 unspecified atom stereocenters. The van der Waals surface area contributed by atoms with Crippen LogP contribution in [0, 0.1) is 11.7 Å². The zero-order chi connectivity index (χ0) is 24.0. The highest BCUT2D eigenvalue weighted by molar-refractivity contribution is 7.91. The summed E-state index contributed by atoms with van der Waals surface area (Å²) in [5.41, 5.74) is 0.886. The van der Waals surface area contributed by atoms with Gasteiger partial charge in [0.1, 0.15) is 23.7 Å². The molecule has 1 atom stereocenters. The third kappa shape index (κ3) is 7.02. The number of nitrogens with zero attached hydrogens (tertiary/aromatic N) is 1. The summed E-state index contributed by atoms with van der Waals surface area (Å²) >= 11 is 0. The Labute approximate surface area is 193 Å². The van der Waals surface area contributed by atoms with Gasteiger partial charge >= 0.3 is 5.97 Å². The van der Waals surface area contributed by atoms with Crippen molar-refractivity contribution in [3.8, 4) is 5.75 Å². The second kappa shape index (κ2) is 10.8. The van der Waals surface area contributed by atoms with Crippen LogP contribution in [-0.4, -0.2) is 55.9 Å². The van der Waals surface area contributed by atoms with E-state index in [1.807, 2.05) is 13.8 Å². The Kier molecular flexibility index (Phi) is 8.07. The molecule has 0 bridgehead atoms. The summed E-state index contributed by atoms with van der Waals surface area (Å²) < 4.78 is 47.8. The highest BCUT2D eigenvalue weighted by Gasteiger charge is 2.35. The van der Waals surface area contributed by atoms with Gasteiger partial charge in [-0.05, 0) is 42.2 Å². The van der Waals surface area contributed by atoms with Crippen molar-refractivity contribution in [1.82, 2.24) is 4.90 Å². The Balaban J connectivity index is 1.63. The first-order chi connectivity index (χ1) is 15.6.